The van der Waals surface area contributed by atoms with E-state index in [1.807, 2.05) is 0 Å². The molecule has 1 aromatic carbocycles. The van der Waals surface area contributed by atoms with Crippen LogP contribution in [0.2, 0.25) is 0 Å². The van der Waals surface area contributed by atoms with E-state index in [1.54, 1.807) is 0 Å². The highest BCUT2D eigenvalue weighted by Crippen LogP contribution is 2.42. The van der Waals surface area contributed by atoms with Gasteiger partial charge in [0.05, 0.1) is 12.7 Å². The van der Waals surface area contributed by atoms with Crippen molar-refractivity contribution in [3.05, 3.63) is 18.0 Å². The number of halogens is 3. The first-order valence-corrected chi connectivity index (χ1v) is 5.86. The smallest absolute Gasteiger partial charge is 0.451 e. The Labute approximate surface area is 117 Å². The Balaban J connectivity index is 2.12. The first-order valence-electron chi connectivity index (χ1n) is 5.86. The van der Waals surface area contributed by atoms with Crippen LogP contribution in [0.4, 0.5) is 13.2 Å². The highest BCUT2D eigenvalue weighted by atomic mass is 19.4. The molecule has 21 heavy (non-hydrogen) atoms. The van der Waals surface area contributed by atoms with Crippen molar-refractivity contribution in [2.24, 2.45) is 7.05 Å². The second-order valence-corrected chi connectivity index (χ2v) is 4.29. The molecule has 112 valence electrons. The van der Waals surface area contributed by atoms with Crippen LogP contribution in [0.15, 0.2) is 12.1 Å². The van der Waals surface area contributed by atoms with Gasteiger partial charge in [-0.25, -0.2) is 9.67 Å². The van der Waals surface area contributed by atoms with E-state index < -0.39 is 12.0 Å². The molecule has 2 aromatic rings. The standard InChI is InChI=1S/C12H10F3N3O3/c1-18-11(12(13,14)15)16-10(17-18)6-3-8-9(21-5-20-8)4-7(6)19-2/h3-4H,5H2,1-2H3. The molecule has 0 amide bonds. The molecule has 0 saturated carbocycles. The fourth-order valence-corrected chi connectivity index (χ4v) is 2.01. The SMILES string of the molecule is COc1cc2c(cc1-c1nc(C(F)(F)F)n(C)n1)OCO2. The van der Waals surface area contributed by atoms with Gasteiger partial charge in [-0.05, 0) is 6.07 Å². The zero-order valence-corrected chi connectivity index (χ0v) is 11.1. The van der Waals surface area contributed by atoms with E-state index in [9.17, 15) is 13.2 Å². The summed E-state index contributed by atoms with van der Waals surface area (Å²) in [7, 11) is 2.58. The highest BCUT2D eigenvalue weighted by molar-refractivity contribution is 5.69. The largest absolute Gasteiger partial charge is 0.496 e. The van der Waals surface area contributed by atoms with Gasteiger partial charge >= 0.3 is 6.18 Å². The topological polar surface area (TPSA) is 58.4 Å². The van der Waals surface area contributed by atoms with Gasteiger partial charge in [0, 0.05) is 13.1 Å². The molecule has 0 atom stereocenters. The number of aromatic nitrogens is 3. The van der Waals surface area contributed by atoms with Crippen LogP contribution in [0, 0.1) is 0 Å². The second kappa shape index (κ2) is 4.54. The number of hydrogen-bond acceptors (Lipinski definition) is 5. The molecule has 1 aliphatic rings. The Morgan fingerprint density at radius 2 is 1.90 bits per heavy atom. The summed E-state index contributed by atoms with van der Waals surface area (Å²) in [6.45, 7) is 0.0470. The number of rotatable bonds is 2. The van der Waals surface area contributed by atoms with Crippen LogP contribution in [0.5, 0.6) is 17.2 Å². The maximum absolute atomic E-state index is 12.8. The van der Waals surface area contributed by atoms with Crippen molar-refractivity contribution in [1.82, 2.24) is 14.8 Å². The molecule has 0 unspecified atom stereocenters. The molecule has 6 nitrogen and oxygen atoms in total. The molecule has 0 fully saturated rings. The Morgan fingerprint density at radius 3 is 2.48 bits per heavy atom. The summed E-state index contributed by atoms with van der Waals surface area (Å²) < 4.78 is 54.6. The average molecular weight is 301 g/mol. The van der Waals surface area contributed by atoms with Crippen molar-refractivity contribution < 1.29 is 27.4 Å². The number of hydrogen-bond donors (Lipinski definition) is 0. The third-order valence-corrected chi connectivity index (χ3v) is 2.95. The van der Waals surface area contributed by atoms with E-state index in [0.717, 1.165) is 0 Å². The van der Waals surface area contributed by atoms with E-state index >= 15 is 0 Å². The molecule has 9 heteroatoms. The number of fused-ring (bicyclic) bond motifs is 1. The lowest BCUT2D eigenvalue weighted by molar-refractivity contribution is -0.147. The van der Waals surface area contributed by atoms with E-state index in [0.29, 0.717) is 27.5 Å². The molecule has 0 bridgehead atoms. The van der Waals surface area contributed by atoms with E-state index in [-0.39, 0.29) is 12.6 Å². The summed E-state index contributed by atoms with van der Waals surface area (Å²) in [4.78, 5) is 3.54. The van der Waals surface area contributed by atoms with Crippen LogP contribution in [0.25, 0.3) is 11.4 Å². The lowest BCUT2D eigenvalue weighted by Crippen LogP contribution is -2.13. The van der Waals surface area contributed by atoms with Gasteiger partial charge < -0.3 is 14.2 Å². The van der Waals surface area contributed by atoms with Crippen LogP contribution >= 0.6 is 0 Å². The number of aryl methyl sites for hydroxylation is 1. The number of benzene rings is 1. The third-order valence-electron chi connectivity index (χ3n) is 2.95. The maximum Gasteiger partial charge on any atom is 0.451 e. The molecule has 3 rings (SSSR count). The number of methoxy groups -OCH3 is 1. The molecule has 2 heterocycles. The Hall–Kier alpha value is -2.45. The average Bonchev–Trinajstić information content (AvgIpc) is 3.01. The minimum atomic E-state index is -4.58. The van der Waals surface area contributed by atoms with Crippen LogP contribution in [-0.2, 0) is 13.2 Å². The van der Waals surface area contributed by atoms with E-state index in [1.165, 1.54) is 26.3 Å². The molecular formula is C12H10F3N3O3. The third kappa shape index (κ3) is 2.24. The summed E-state index contributed by atoms with van der Waals surface area (Å²) >= 11 is 0. The first kappa shape index (κ1) is 13.5. The molecule has 0 N–H and O–H groups in total. The lowest BCUT2D eigenvalue weighted by Gasteiger charge is -2.06. The zero-order valence-electron chi connectivity index (χ0n) is 11.1. The maximum atomic E-state index is 12.8. The van der Waals surface area contributed by atoms with Crippen molar-refractivity contribution in [2.45, 2.75) is 6.18 Å². The molecule has 0 saturated heterocycles. The van der Waals surface area contributed by atoms with Crippen molar-refractivity contribution in [3.8, 4) is 28.6 Å². The zero-order chi connectivity index (χ0) is 15.2. The van der Waals surface area contributed by atoms with Crippen molar-refractivity contribution in [1.29, 1.82) is 0 Å². The second-order valence-electron chi connectivity index (χ2n) is 4.29. The Bertz CT molecular complexity index is 697. The summed E-state index contributed by atoms with van der Waals surface area (Å²) in [6.07, 6.45) is -4.58. The summed E-state index contributed by atoms with van der Waals surface area (Å²) in [5, 5.41) is 3.79. The molecule has 0 spiro atoms. The quantitative estimate of drug-likeness (QED) is 0.851. The van der Waals surface area contributed by atoms with Crippen LogP contribution in [0.1, 0.15) is 5.82 Å². The van der Waals surface area contributed by atoms with Gasteiger partial charge in [0.15, 0.2) is 17.3 Å². The van der Waals surface area contributed by atoms with Gasteiger partial charge in [-0.3, -0.25) is 0 Å². The van der Waals surface area contributed by atoms with Gasteiger partial charge in [-0.1, -0.05) is 0 Å². The van der Waals surface area contributed by atoms with Gasteiger partial charge in [-0.2, -0.15) is 18.3 Å². The van der Waals surface area contributed by atoms with Gasteiger partial charge in [0.2, 0.25) is 12.6 Å². The number of nitrogens with zero attached hydrogens (tertiary/aromatic N) is 3. The van der Waals surface area contributed by atoms with E-state index in [4.69, 9.17) is 14.2 Å². The fourth-order valence-electron chi connectivity index (χ4n) is 2.01. The summed E-state index contributed by atoms with van der Waals surface area (Å²) in [5.41, 5.74) is 0.299. The van der Waals surface area contributed by atoms with E-state index in [2.05, 4.69) is 10.1 Å². The van der Waals surface area contributed by atoms with Gasteiger partial charge in [0.25, 0.3) is 0 Å². The Morgan fingerprint density at radius 1 is 1.24 bits per heavy atom. The van der Waals surface area contributed by atoms with Crippen LogP contribution in [-0.4, -0.2) is 28.7 Å². The van der Waals surface area contributed by atoms with Crippen molar-refractivity contribution >= 4 is 0 Å². The van der Waals surface area contributed by atoms with Crippen molar-refractivity contribution in [2.75, 3.05) is 13.9 Å². The summed E-state index contributed by atoms with van der Waals surface area (Å²) in [5.74, 6) is -0.00911. The highest BCUT2D eigenvalue weighted by Gasteiger charge is 2.37. The van der Waals surface area contributed by atoms with Gasteiger partial charge in [0.1, 0.15) is 5.75 Å². The Kier molecular flexibility index (Phi) is 2.92. The summed E-state index contributed by atoms with van der Waals surface area (Å²) in [6, 6.07) is 3.03. The monoisotopic (exact) mass is 301 g/mol. The minimum Gasteiger partial charge on any atom is -0.496 e. The first-order chi connectivity index (χ1) is 9.90. The molecular weight excluding hydrogens is 291 g/mol. The van der Waals surface area contributed by atoms with Gasteiger partial charge in [-0.15, -0.1) is 0 Å². The van der Waals surface area contributed by atoms with Crippen LogP contribution in [0.3, 0.4) is 0 Å². The molecule has 1 aromatic heterocycles. The molecule has 1 aliphatic heterocycles. The lowest BCUT2D eigenvalue weighted by atomic mass is 10.1. The fraction of sp³-hybridized carbons (Fsp3) is 0.333. The normalized spacial score (nSPS) is 13.6. The number of ether oxygens (including phenoxy) is 3. The predicted octanol–water partition coefficient (Wildman–Crippen LogP) is 2.24. The molecule has 0 aliphatic carbocycles. The van der Waals surface area contributed by atoms with Crippen LogP contribution < -0.4 is 14.2 Å². The number of alkyl halides is 3. The molecule has 0 radical (unpaired) electrons. The minimum absolute atomic E-state index is 0.0470. The van der Waals surface area contributed by atoms with Crippen molar-refractivity contribution in [3.63, 3.8) is 0 Å². The predicted molar refractivity (Wildman–Crippen MR) is 64.1 cm³/mol.